The van der Waals surface area contributed by atoms with Crippen LogP contribution in [0.2, 0.25) is 0 Å². The van der Waals surface area contributed by atoms with Crippen LogP contribution >= 0.6 is 0 Å². The molecule has 0 spiro atoms. The Balaban J connectivity index is 1.32. The predicted octanol–water partition coefficient (Wildman–Crippen LogP) is 3.30. The molecule has 1 amide bonds. The summed E-state index contributed by atoms with van der Waals surface area (Å²) in [5, 5.41) is 41.6. The van der Waals surface area contributed by atoms with Crippen LogP contribution in [0.5, 0.6) is 5.75 Å². The van der Waals surface area contributed by atoms with Gasteiger partial charge in [-0.25, -0.2) is 9.59 Å². The van der Waals surface area contributed by atoms with Gasteiger partial charge in [-0.05, 0) is 104 Å². The van der Waals surface area contributed by atoms with Crippen molar-refractivity contribution in [1.82, 2.24) is 5.32 Å². The summed E-state index contributed by atoms with van der Waals surface area (Å²) in [5.74, 6) is 3.68. The topological polar surface area (TPSA) is 144 Å². The van der Waals surface area contributed by atoms with Gasteiger partial charge in [0.05, 0.1) is 0 Å². The van der Waals surface area contributed by atoms with Crippen molar-refractivity contribution in [3.63, 3.8) is 0 Å². The molecule has 198 valence electrons. The zero-order valence-electron chi connectivity index (χ0n) is 21.1. The lowest BCUT2D eigenvalue weighted by molar-refractivity contribution is -0.150. The van der Waals surface area contributed by atoms with Crippen LogP contribution < -0.4 is 5.32 Å². The molecule has 3 aliphatic rings. The van der Waals surface area contributed by atoms with Crippen molar-refractivity contribution in [2.75, 3.05) is 0 Å². The van der Waals surface area contributed by atoms with Crippen molar-refractivity contribution in [1.29, 1.82) is 0 Å². The molecule has 3 aliphatic carbocycles. The van der Waals surface area contributed by atoms with E-state index in [1.165, 1.54) is 23.3 Å². The number of carboxylic acids is 2. The zero-order chi connectivity index (χ0) is 27.2. The van der Waals surface area contributed by atoms with Crippen molar-refractivity contribution in [2.24, 2.45) is 17.3 Å². The lowest BCUT2D eigenvalue weighted by atomic mass is 9.53. The summed E-state index contributed by atoms with van der Waals surface area (Å²) in [6.07, 6.45) is 5.30. The van der Waals surface area contributed by atoms with E-state index in [2.05, 4.69) is 24.8 Å². The van der Waals surface area contributed by atoms with Crippen molar-refractivity contribution in [2.45, 2.75) is 63.0 Å². The molecule has 2 fully saturated rings. The minimum atomic E-state index is -2.04. The molecular formula is C30H31NO7. The fraction of sp³-hybridized carbons (Fsp3) is 0.433. The highest BCUT2D eigenvalue weighted by Gasteiger charge is 2.61. The molecule has 5 atom stereocenters. The molecule has 0 aliphatic heterocycles. The molecule has 38 heavy (non-hydrogen) atoms. The molecule has 0 heterocycles. The number of aliphatic hydroxyl groups is 1. The molecule has 5 rings (SSSR count). The molecule has 3 unspecified atom stereocenters. The molecule has 2 aromatic rings. The first kappa shape index (κ1) is 25.8. The maximum Gasteiger partial charge on any atom is 0.338 e. The number of phenolic OH excluding ortho intramolecular Hbond substituents is 1. The molecule has 5 N–H and O–H groups in total. The van der Waals surface area contributed by atoms with Crippen LogP contribution in [0.25, 0.3) is 0 Å². The summed E-state index contributed by atoms with van der Waals surface area (Å²) in [6.45, 7) is 2.16. The number of carbonyl (C=O) groups excluding carboxylic acids is 1. The molecule has 8 nitrogen and oxygen atoms in total. The number of aryl methyl sites for hydroxylation is 1. The quantitative estimate of drug-likeness (QED) is 0.309. The maximum atomic E-state index is 12.3. The van der Waals surface area contributed by atoms with Crippen LogP contribution in [-0.4, -0.2) is 49.9 Å². The highest BCUT2D eigenvalue weighted by Crippen LogP contribution is 2.64. The normalized spacial score (nSPS) is 29.3. The van der Waals surface area contributed by atoms with Crippen LogP contribution in [-0.2, 0) is 16.0 Å². The van der Waals surface area contributed by atoms with Gasteiger partial charge >= 0.3 is 11.9 Å². The number of nitrogens with one attached hydrogen (secondary N) is 1. The third-order valence-corrected chi connectivity index (χ3v) is 9.19. The van der Waals surface area contributed by atoms with E-state index in [4.69, 9.17) is 10.2 Å². The highest BCUT2D eigenvalue weighted by molar-refractivity contribution is 6.04. The minimum absolute atomic E-state index is 0.110. The first-order valence-corrected chi connectivity index (χ1v) is 13.0. The van der Waals surface area contributed by atoms with Gasteiger partial charge in [-0.3, -0.25) is 4.79 Å². The number of carboxylic acid groups (broad SMARTS) is 2. The summed E-state index contributed by atoms with van der Waals surface area (Å²) >= 11 is 0. The Morgan fingerprint density at radius 1 is 1.00 bits per heavy atom. The van der Waals surface area contributed by atoms with Crippen molar-refractivity contribution in [3.8, 4) is 17.6 Å². The highest BCUT2D eigenvalue weighted by atomic mass is 16.4. The van der Waals surface area contributed by atoms with E-state index in [0.29, 0.717) is 35.5 Å². The van der Waals surface area contributed by atoms with Crippen LogP contribution in [0.15, 0.2) is 42.5 Å². The molecule has 0 saturated heterocycles. The molecule has 0 aromatic heterocycles. The lowest BCUT2D eigenvalue weighted by Crippen LogP contribution is -2.50. The van der Waals surface area contributed by atoms with Crippen LogP contribution in [0.4, 0.5) is 0 Å². The number of aromatic hydroxyl groups is 1. The van der Waals surface area contributed by atoms with E-state index in [0.717, 1.165) is 32.1 Å². The molecule has 2 aromatic carbocycles. The SMILES string of the molecule is C[C@]12CCC3c4ccc(O)cc4CCC3C1CC[C@@]2(O)C#Cc1ccc(C(=O)NC(C(=O)O)C(=O)O)cc1. The van der Waals surface area contributed by atoms with Gasteiger partial charge in [-0.1, -0.05) is 24.8 Å². The standard InChI is InChI=1S/C30H31NO7/c1-29-13-11-22-21-9-7-20(32)16-19(21)6-8-23(22)24(29)12-15-30(29,38)14-10-17-2-4-18(5-3-17)26(33)31-25(27(34)35)28(36)37/h2-5,7,9,16,22-25,32,38H,6,8,11-13,15H2,1H3,(H,31,33)(H,34,35)(H,36,37)/t22?,23?,24?,29-,30-/m0/s1. The average Bonchev–Trinajstić information content (AvgIpc) is 3.16. The lowest BCUT2D eigenvalue weighted by Gasteiger charge is -2.52. The number of phenols is 1. The van der Waals surface area contributed by atoms with Crippen LogP contribution in [0, 0.1) is 29.1 Å². The van der Waals surface area contributed by atoms with Gasteiger partial charge in [-0.15, -0.1) is 0 Å². The molecule has 0 bridgehead atoms. The Morgan fingerprint density at radius 3 is 2.39 bits per heavy atom. The molecule has 2 saturated carbocycles. The predicted molar refractivity (Wildman–Crippen MR) is 138 cm³/mol. The minimum Gasteiger partial charge on any atom is -0.508 e. The van der Waals surface area contributed by atoms with Gasteiger partial charge in [-0.2, -0.15) is 0 Å². The Hall–Kier alpha value is -3.83. The summed E-state index contributed by atoms with van der Waals surface area (Å²) in [4.78, 5) is 34.3. The number of rotatable bonds is 4. The number of hydrogen-bond acceptors (Lipinski definition) is 5. The Labute approximate surface area is 220 Å². The monoisotopic (exact) mass is 517 g/mol. The number of carbonyl (C=O) groups is 3. The van der Waals surface area contributed by atoms with Crippen LogP contribution in [0.1, 0.15) is 72.0 Å². The number of aliphatic carboxylic acids is 2. The maximum absolute atomic E-state index is 12.3. The Kier molecular flexibility index (Phi) is 6.44. The smallest absolute Gasteiger partial charge is 0.338 e. The number of amides is 1. The number of benzene rings is 2. The first-order valence-electron chi connectivity index (χ1n) is 13.0. The van der Waals surface area contributed by atoms with Gasteiger partial charge < -0.3 is 25.7 Å². The summed E-state index contributed by atoms with van der Waals surface area (Å²) in [6, 6.07) is 9.79. The zero-order valence-corrected chi connectivity index (χ0v) is 21.1. The van der Waals surface area contributed by atoms with Gasteiger partial charge in [0.15, 0.2) is 0 Å². The van der Waals surface area contributed by atoms with E-state index in [1.54, 1.807) is 18.2 Å². The van der Waals surface area contributed by atoms with E-state index >= 15 is 0 Å². The first-order chi connectivity index (χ1) is 18.0. The van der Waals surface area contributed by atoms with Crippen molar-refractivity contribution >= 4 is 17.8 Å². The third-order valence-electron chi connectivity index (χ3n) is 9.19. The van der Waals surface area contributed by atoms with E-state index in [9.17, 15) is 24.6 Å². The van der Waals surface area contributed by atoms with Gasteiger partial charge in [0.2, 0.25) is 6.04 Å². The van der Waals surface area contributed by atoms with E-state index < -0.39 is 29.5 Å². The van der Waals surface area contributed by atoms with E-state index in [1.807, 2.05) is 11.4 Å². The van der Waals surface area contributed by atoms with Crippen LogP contribution in [0.3, 0.4) is 0 Å². The number of fused-ring (bicyclic) bond motifs is 5. The summed E-state index contributed by atoms with van der Waals surface area (Å²) in [5.41, 5.74) is 1.81. The molecular weight excluding hydrogens is 486 g/mol. The summed E-state index contributed by atoms with van der Waals surface area (Å²) < 4.78 is 0. The Morgan fingerprint density at radius 2 is 1.71 bits per heavy atom. The summed E-state index contributed by atoms with van der Waals surface area (Å²) in [7, 11) is 0. The van der Waals surface area contributed by atoms with E-state index in [-0.39, 0.29) is 11.0 Å². The largest absolute Gasteiger partial charge is 0.508 e. The molecule has 8 heteroatoms. The second kappa shape index (κ2) is 9.48. The van der Waals surface area contributed by atoms with Gasteiger partial charge in [0.1, 0.15) is 11.4 Å². The molecule has 0 radical (unpaired) electrons. The second-order valence-corrected chi connectivity index (χ2v) is 11.1. The third kappa shape index (κ3) is 4.31. The van der Waals surface area contributed by atoms with Crippen molar-refractivity contribution in [3.05, 3.63) is 64.7 Å². The number of hydrogen-bond donors (Lipinski definition) is 5. The fourth-order valence-electron chi connectivity index (χ4n) is 7.11. The average molecular weight is 518 g/mol. The van der Waals surface area contributed by atoms with Gasteiger partial charge in [0.25, 0.3) is 5.91 Å². The fourth-order valence-corrected chi connectivity index (χ4v) is 7.11. The van der Waals surface area contributed by atoms with Gasteiger partial charge in [0, 0.05) is 16.5 Å². The Bertz CT molecular complexity index is 1340. The second-order valence-electron chi connectivity index (χ2n) is 11.1. The van der Waals surface area contributed by atoms with Crippen molar-refractivity contribution < 1.29 is 34.8 Å².